The first-order valence-electron chi connectivity index (χ1n) is 3.49. The number of nitrogens with zero attached hydrogens (tertiary/aromatic N) is 1. The summed E-state index contributed by atoms with van der Waals surface area (Å²) in [6.45, 7) is 0. The molecule has 0 fully saturated rings. The van der Waals surface area contributed by atoms with Crippen LogP contribution < -0.4 is 0 Å². The Morgan fingerprint density at radius 3 is 2.33 bits per heavy atom. The van der Waals surface area contributed by atoms with Gasteiger partial charge in [0, 0.05) is 0 Å². The number of carbonyl (C=O) groups excluding carboxylic acids is 1. The highest BCUT2D eigenvalue weighted by Gasteiger charge is 2.33. The quantitative estimate of drug-likeness (QED) is 0.253. The summed E-state index contributed by atoms with van der Waals surface area (Å²) in [5, 5.41) is 16.7. The van der Waals surface area contributed by atoms with Crippen LogP contribution in [-0.4, -0.2) is 24.4 Å². The summed E-state index contributed by atoms with van der Waals surface area (Å²) in [4.78, 5) is 10.7. The molecule has 15 heavy (non-hydrogen) atoms. The van der Waals surface area contributed by atoms with Crippen molar-refractivity contribution < 1.29 is 27.8 Å². The van der Waals surface area contributed by atoms with Gasteiger partial charge >= 0.3 is 12.1 Å². The van der Waals surface area contributed by atoms with Crippen LogP contribution in [0.3, 0.4) is 0 Å². The Bertz CT molecular complexity index is 349. The third-order valence-corrected chi connectivity index (χ3v) is 1.22. The predicted octanol–water partition coefficient (Wildman–Crippen LogP) is 1.61. The number of ether oxygens (including phenoxy) is 1. The van der Waals surface area contributed by atoms with Gasteiger partial charge in [0.15, 0.2) is 5.76 Å². The van der Waals surface area contributed by atoms with Gasteiger partial charge in [-0.3, -0.25) is 0 Å². The van der Waals surface area contributed by atoms with Gasteiger partial charge in [0.25, 0.3) is 0 Å². The highest BCUT2D eigenvalue weighted by molar-refractivity contribution is 5.92. The van der Waals surface area contributed by atoms with Crippen LogP contribution >= 0.6 is 0 Å². The lowest BCUT2D eigenvalue weighted by molar-refractivity contribution is -0.135. The largest absolute Gasteiger partial charge is 0.504 e. The zero-order chi connectivity index (χ0) is 12.1. The van der Waals surface area contributed by atoms with Crippen molar-refractivity contribution >= 4 is 5.97 Å². The van der Waals surface area contributed by atoms with E-state index in [9.17, 15) is 18.0 Å². The molecule has 0 amide bonds. The topological polar surface area (TPSA) is 70.3 Å². The van der Waals surface area contributed by atoms with Crippen molar-refractivity contribution in [3.8, 4) is 6.07 Å². The molecule has 0 bridgehead atoms. The Morgan fingerprint density at radius 1 is 1.47 bits per heavy atom. The maximum absolute atomic E-state index is 11.7. The molecule has 82 valence electrons. The number of halogens is 3. The van der Waals surface area contributed by atoms with Crippen molar-refractivity contribution in [2.75, 3.05) is 7.11 Å². The summed E-state index contributed by atoms with van der Waals surface area (Å²) in [6, 6.07) is 1.32. The minimum absolute atomic E-state index is 0.204. The minimum atomic E-state index is -4.91. The van der Waals surface area contributed by atoms with E-state index < -0.39 is 23.5 Å². The second-order valence-electron chi connectivity index (χ2n) is 2.23. The van der Waals surface area contributed by atoms with Gasteiger partial charge in [0.1, 0.15) is 11.6 Å². The molecule has 1 N–H and O–H groups in total. The van der Waals surface area contributed by atoms with Gasteiger partial charge in [0.05, 0.1) is 7.11 Å². The molecule has 0 aliphatic rings. The smallest absolute Gasteiger partial charge is 0.448 e. The molecule has 0 aromatic carbocycles. The van der Waals surface area contributed by atoms with Gasteiger partial charge in [-0.2, -0.15) is 18.4 Å². The van der Waals surface area contributed by atoms with Crippen molar-refractivity contribution in [1.29, 1.82) is 5.26 Å². The number of allylic oxidation sites excluding steroid dienone is 3. The number of carbonyl (C=O) groups is 1. The summed E-state index contributed by atoms with van der Waals surface area (Å²) >= 11 is 0. The molecule has 0 aromatic heterocycles. The number of aliphatic hydroxyl groups is 1. The first-order chi connectivity index (χ1) is 6.82. The number of alkyl halides is 3. The lowest BCUT2D eigenvalue weighted by Gasteiger charge is -2.02. The summed E-state index contributed by atoms with van der Waals surface area (Å²) < 4.78 is 39.3. The molecule has 0 saturated heterocycles. The molecule has 0 radical (unpaired) electrons. The zero-order valence-corrected chi connectivity index (χ0v) is 7.50. The van der Waals surface area contributed by atoms with Crippen LogP contribution in [0.5, 0.6) is 0 Å². The number of hydrogen-bond donors (Lipinski definition) is 1. The van der Waals surface area contributed by atoms with E-state index >= 15 is 0 Å². The summed E-state index contributed by atoms with van der Waals surface area (Å²) in [5.74, 6) is -2.98. The molecule has 7 heteroatoms. The zero-order valence-electron chi connectivity index (χ0n) is 7.50. The minimum Gasteiger partial charge on any atom is -0.504 e. The average Bonchev–Trinajstić information content (AvgIpc) is 2.16. The van der Waals surface area contributed by atoms with Gasteiger partial charge in [-0.05, 0) is 12.2 Å². The number of rotatable bonds is 2. The first-order valence-corrected chi connectivity index (χ1v) is 3.49. The highest BCUT2D eigenvalue weighted by atomic mass is 19.4. The van der Waals surface area contributed by atoms with E-state index in [-0.39, 0.29) is 6.08 Å². The fourth-order valence-corrected chi connectivity index (χ4v) is 0.518. The molecule has 0 aromatic rings. The van der Waals surface area contributed by atoms with Gasteiger partial charge < -0.3 is 9.84 Å². The van der Waals surface area contributed by atoms with Crippen LogP contribution in [0.25, 0.3) is 0 Å². The van der Waals surface area contributed by atoms with Crippen molar-refractivity contribution in [2.24, 2.45) is 0 Å². The third-order valence-electron chi connectivity index (χ3n) is 1.22. The molecule has 4 nitrogen and oxygen atoms in total. The van der Waals surface area contributed by atoms with Crippen molar-refractivity contribution in [2.45, 2.75) is 6.18 Å². The first kappa shape index (κ1) is 13.0. The lowest BCUT2D eigenvalue weighted by Crippen LogP contribution is -2.11. The molecule has 0 heterocycles. The van der Waals surface area contributed by atoms with E-state index in [0.29, 0.717) is 6.08 Å². The Kier molecular flexibility index (Phi) is 4.38. The van der Waals surface area contributed by atoms with E-state index in [4.69, 9.17) is 10.4 Å². The fraction of sp³-hybridized carbons (Fsp3) is 0.250. The summed E-state index contributed by atoms with van der Waals surface area (Å²) in [5.41, 5.74) is -0.645. The molecule has 0 spiro atoms. The summed E-state index contributed by atoms with van der Waals surface area (Å²) in [7, 11) is 0.973. The van der Waals surface area contributed by atoms with Gasteiger partial charge in [-0.15, -0.1) is 0 Å². The van der Waals surface area contributed by atoms with Gasteiger partial charge in [-0.25, -0.2) is 4.79 Å². The highest BCUT2D eigenvalue weighted by Crippen LogP contribution is 2.23. The monoisotopic (exact) mass is 221 g/mol. The maximum atomic E-state index is 11.7. The molecular formula is C8H6F3NO3. The second-order valence-corrected chi connectivity index (χ2v) is 2.23. The lowest BCUT2D eigenvalue weighted by atomic mass is 10.2. The maximum Gasteiger partial charge on any atom is 0.448 e. The normalized spacial score (nSPS) is 13.3. The molecule has 0 atom stereocenters. The standard InChI is InChI=1S/C8H6F3NO3/c1-15-7(14)5(4-12)2-3-6(13)8(9,10)11/h2-3,13H,1H3/b5-2+,6-3-. The van der Waals surface area contributed by atoms with E-state index in [1.165, 1.54) is 6.07 Å². The van der Waals surface area contributed by atoms with Crippen LogP contribution in [0, 0.1) is 11.3 Å². The van der Waals surface area contributed by atoms with E-state index in [1.54, 1.807) is 0 Å². The van der Waals surface area contributed by atoms with Crippen LogP contribution in [-0.2, 0) is 9.53 Å². The van der Waals surface area contributed by atoms with E-state index in [2.05, 4.69) is 4.74 Å². The van der Waals surface area contributed by atoms with Crippen LogP contribution in [0.1, 0.15) is 0 Å². The number of methoxy groups -OCH3 is 1. The van der Waals surface area contributed by atoms with E-state index in [0.717, 1.165) is 7.11 Å². The third kappa shape index (κ3) is 4.17. The Morgan fingerprint density at radius 2 is 2.00 bits per heavy atom. The fourth-order valence-electron chi connectivity index (χ4n) is 0.518. The summed E-state index contributed by atoms with van der Waals surface area (Å²) in [6.07, 6.45) is -4.18. The average molecular weight is 221 g/mol. The van der Waals surface area contributed by atoms with Gasteiger partial charge in [0.2, 0.25) is 0 Å². The SMILES string of the molecule is COC(=O)/C(C#N)=C/C=C(\O)C(F)(F)F. The molecule has 0 saturated carbocycles. The Labute approximate surface area is 82.9 Å². The molecule has 0 unspecified atom stereocenters. The number of esters is 1. The molecule has 0 aliphatic heterocycles. The predicted molar refractivity (Wildman–Crippen MR) is 42.5 cm³/mol. The Balaban J connectivity index is 4.92. The van der Waals surface area contributed by atoms with Crippen molar-refractivity contribution in [1.82, 2.24) is 0 Å². The van der Waals surface area contributed by atoms with Crippen molar-refractivity contribution in [3.05, 3.63) is 23.5 Å². The van der Waals surface area contributed by atoms with Crippen LogP contribution in [0.4, 0.5) is 13.2 Å². The number of hydrogen-bond acceptors (Lipinski definition) is 4. The van der Waals surface area contributed by atoms with E-state index in [1.807, 2.05) is 0 Å². The number of nitriles is 1. The number of aliphatic hydroxyl groups excluding tert-OH is 1. The molecule has 0 rings (SSSR count). The van der Waals surface area contributed by atoms with Crippen LogP contribution in [0.2, 0.25) is 0 Å². The van der Waals surface area contributed by atoms with Crippen LogP contribution in [0.15, 0.2) is 23.5 Å². The molecular weight excluding hydrogens is 215 g/mol. The molecule has 0 aliphatic carbocycles. The van der Waals surface area contributed by atoms with Gasteiger partial charge in [-0.1, -0.05) is 0 Å². The second kappa shape index (κ2) is 5.05. The van der Waals surface area contributed by atoms with Crippen molar-refractivity contribution in [3.63, 3.8) is 0 Å². The Hall–Kier alpha value is -1.97.